The largest absolute Gasteiger partial charge is 0.382 e. The molecular weight excluding hydrogens is 190 g/mol. The first-order valence-electron chi connectivity index (χ1n) is 4.31. The number of ether oxygens (including phenoxy) is 1. The Hall–Kier alpha value is -0.130. The molecule has 0 spiro atoms. The maximum atomic E-state index is 10.8. The smallest absolute Gasteiger partial charge is 0.147 e. The zero-order chi connectivity index (χ0) is 10.5. The minimum absolute atomic E-state index is 0.0922. The molecule has 0 heterocycles. The topological polar surface area (TPSA) is 69.4 Å². The van der Waals surface area contributed by atoms with E-state index in [2.05, 4.69) is 0 Å². The Morgan fingerprint density at radius 1 is 1.46 bits per heavy atom. The van der Waals surface area contributed by atoms with Gasteiger partial charge in [-0.25, -0.2) is 8.42 Å². The van der Waals surface area contributed by atoms with Crippen LogP contribution in [0.1, 0.15) is 19.8 Å². The van der Waals surface area contributed by atoms with Crippen LogP contribution in [-0.4, -0.2) is 39.7 Å². The van der Waals surface area contributed by atoms with Crippen molar-refractivity contribution in [2.24, 2.45) is 5.73 Å². The van der Waals surface area contributed by atoms with Gasteiger partial charge in [0.1, 0.15) is 9.84 Å². The second-order valence-electron chi connectivity index (χ2n) is 3.46. The number of sulfone groups is 1. The zero-order valence-electron chi connectivity index (χ0n) is 8.49. The highest BCUT2D eigenvalue weighted by Gasteiger charge is 2.11. The molecule has 0 amide bonds. The van der Waals surface area contributed by atoms with Crippen molar-refractivity contribution in [3.8, 4) is 0 Å². The summed E-state index contributed by atoms with van der Waals surface area (Å²) in [6.07, 6.45) is 2.52. The Kier molecular flexibility index (Phi) is 5.51. The van der Waals surface area contributed by atoms with E-state index in [1.165, 1.54) is 6.26 Å². The van der Waals surface area contributed by atoms with Gasteiger partial charge < -0.3 is 10.5 Å². The molecule has 0 aliphatic heterocycles. The zero-order valence-corrected chi connectivity index (χ0v) is 9.30. The standard InChI is InChI=1S/C8H19NO3S/c1-7(12-2)6-8(9)4-5-13(3,10)11/h7-8H,4-6,9H2,1-3H3. The van der Waals surface area contributed by atoms with Gasteiger partial charge in [0.05, 0.1) is 11.9 Å². The van der Waals surface area contributed by atoms with Crippen LogP contribution in [0.25, 0.3) is 0 Å². The van der Waals surface area contributed by atoms with E-state index in [-0.39, 0.29) is 17.9 Å². The molecule has 0 saturated carbocycles. The van der Waals surface area contributed by atoms with Crippen molar-refractivity contribution in [2.75, 3.05) is 19.1 Å². The molecule has 0 radical (unpaired) electrons. The van der Waals surface area contributed by atoms with E-state index in [1.807, 2.05) is 6.92 Å². The summed E-state index contributed by atoms with van der Waals surface area (Å²) in [5, 5.41) is 0. The van der Waals surface area contributed by atoms with Crippen LogP contribution < -0.4 is 5.73 Å². The molecule has 4 nitrogen and oxygen atoms in total. The average Bonchev–Trinajstić information content (AvgIpc) is 1.99. The number of nitrogens with two attached hydrogens (primary N) is 1. The summed E-state index contributed by atoms with van der Waals surface area (Å²) in [4.78, 5) is 0. The Morgan fingerprint density at radius 2 is 2.00 bits per heavy atom. The molecule has 0 bridgehead atoms. The van der Waals surface area contributed by atoms with Gasteiger partial charge in [-0.15, -0.1) is 0 Å². The highest BCUT2D eigenvalue weighted by atomic mass is 32.2. The fourth-order valence-electron chi connectivity index (χ4n) is 1.01. The normalized spacial score (nSPS) is 16.9. The highest BCUT2D eigenvalue weighted by Crippen LogP contribution is 2.03. The molecule has 0 aliphatic carbocycles. The van der Waals surface area contributed by atoms with Crippen molar-refractivity contribution < 1.29 is 13.2 Å². The van der Waals surface area contributed by atoms with Crippen molar-refractivity contribution >= 4 is 9.84 Å². The number of rotatable bonds is 6. The average molecular weight is 209 g/mol. The second-order valence-corrected chi connectivity index (χ2v) is 5.72. The van der Waals surface area contributed by atoms with E-state index in [0.29, 0.717) is 12.8 Å². The van der Waals surface area contributed by atoms with Crippen molar-refractivity contribution in [3.05, 3.63) is 0 Å². The molecule has 80 valence electrons. The summed E-state index contributed by atoms with van der Waals surface area (Å²) < 4.78 is 26.6. The van der Waals surface area contributed by atoms with Gasteiger partial charge in [-0.3, -0.25) is 0 Å². The lowest BCUT2D eigenvalue weighted by Crippen LogP contribution is -2.28. The number of hydrogen-bond acceptors (Lipinski definition) is 4. The lowest BCUT2D eigenvalue weighted by molar-refractivity contribution is 0.104. The van der Waals surface area contributed by atoms with Gasteiger partial charge in [0.2, 0.25) is 0 Å². The van der Waals surface area contributed by atoms with Crippen LogP contribution in [0.5, 0.6) is 0 Å². The Bertz CT molecular complexity index is 226. The maximum Gasteiger partial charge on any atom is 0.147 e. The van der Waals surface area contributed by atoms with Crippen LogP contribution in [0.3, 0.4) is 0 Å². The summed E-state index contributed by atoms with van der Waals surface area (Å²) in [6, 6.07) is -0.0929. The Morgan fingerprint density at radius 3 is 2.38 bits per heavy atom. The highest BCUT2D eigenvalue weighted by molar-refractivity contribution is 7.90. The van der Waals surface area contributed by atoms with E-state index >= 15 is 0 Å². The van der Waals surface area contributed by atoms with Gasteiger partial charge in [-0.05, 0) is 19.8 Å². The number of methoxy groups -OCH3 is 1. The molecule has 2 unspecified atom stereocenters. The predicted molar refractivity (Wildman–Crippen MR) is 53.4 cm³/mol. The number of hydrogen-bond donors (Lipinski definition) is 1. The molecule has 0 aromatic heterocycles. The third kappa shape index (κ3) is 8.21. The van der Waals surface area contributed by atoms with Gasteiger partial charge in [-0.1, -0.05) is 0 Å². The molecule has 0 rings (SSSR count). The van der Waals surface area contributed by atoms with Crippen molar-refractivity contribution in [2.45, 2.75) is 31.9 Å². The molecular formula is C8H19NO3S. The summed E-state index contributed by atoms with van der Waals surface area (Å²) in [7, 11) is -1.26. The predicted octanol–water partition coefficient (Wildman–Crippen LogP) is 0.173. The molecule has 0 fully saturated rings. The van der Waals surface area contributed by atoms with Crippen LogP contribution in [-0.2, 0) is 14.6 Å². The molecule has 13 heavy (non-hydrogen) atoms. The maximum absolute atomic E-state index is 10.8. The minimum atomic E-state index is -2.88. The van der Waals surface area contributed by atoms with Gasteiger partial charge in [0.25, 0.3) is 0 Å². The van der Waals surface area contributed by atoms with E-state index < -0.39 is 9.84 Å². The van der Waals surface area contributed by atoms with Crippen molar-refractivity contribution in [3.63, 3.8) is 0 Å². The van der Waals surface area contributed by atoms with Crippen LogP contribution in [0.2, 0.25) is 0 Å². The fourth-order valence-corrected chi connectivity index (χ4v) is 1.74. The van der Waals surface area contributed by atoms with Crippen LogP contribution in [0, 0.1) is 0 Å². The second kappa shape index (κ2) is 5.57. The quantitative estimate of drug-likeness (QED) is 0.677. The van der Waals surface area contributed by atoms with E-state index in [4.69, 9.17) is 10.5 Å². The van der Waals surface area contributed by atoms with E-state index in [0.717, 1.165) is 0 Å². The first-order chi connectivity index (χ1) is 5.85. The van der Waals surface area contributed by atoms with Crippen LogP contribution in [0.4, 0.5) is 0 Å². The molecule has 5 heteroatoms. The monoisotopic (exact) mass is 209 g/mol. The lowest BCUT2D eigenvalue weighted by Gasteiger charge is -2.15. The van der Waals surface area contributed by atoms with Gasteiger partial charge in [0.15, 0.2) is 0 Å². The van der Waals surface area contributed by atoms with E-state index in [1.54, 1.807) is 7.11 Å². The molecule has 2 N–H and O–H groups in total. The SMILES string of the molecule is COC(C)CC(N)CCS(C)(=O)=O. The third-order valence-corrected chi connectivity index (χ3v) is 2.87. The molecule has 0 aliphatic rings. The molecule has 0 aromatic rings. The fraction of sp³-hybridized carbons (Fsp3) is 1.00. The molecule has 2 atom stereocenters. The molecule has 0 saturated heterocycles. The first-order valence-corrected chi connectivity index (χ1v) is 6.37. The summed E-state index contributed by atoms with van der Waals surface area (Å²) >= 11 is 0. The van der Waals surface area contributed by atoms with Gasteiger partial charge >= 0.3 is 0 Å². The van der Waals surface area contributed by atoms with Crippen LogP contribution in [0.15, 0.2) is 0 Å². The Labute approximate surface area is 80.4 Å². The first kappa shape index (κ1) is 12.9. The summed E-state index contributed by atoms with van der Waals surface area (Å²) in [5.41, 5.74) is 5.71. The van der Waals surface area contributed by atoms with Gasteiger partial charge in [-0.2, -0.15) is 0 Å². The third-order valence-electron chi connectivity index (χ3n) is 1.90. The Balaban J connectivity index is 3.69. The van der Waals surface area contributed by atoms with Crippen molar-refractivity contribution in [1.82, 2.24) is 0 Å². The van der Waals surface area contributed by atoms with E-state index in [9.17, 15) is 8.42 Å². The van der Waals surface area contributed by atoms with Crippen molar-refractivity contribution in [1.29, 1.82) is 0 Å². The summed E-state index contributed by atoms with van der Waals surface area (Å²) in [6.45, 7) is 1.92. The summed E-state index contributed by atoms with van der Waals surface area (Å²) in [5.74, 6) is 0.157. The van der Waals surface area contributed by atoms with Crippen LogP contribution >= 0.6 is 0 Å². The van der Waals surface area contributed by atoms with Gasteiger partial charge in [0, 0.05) is 19.4 Å². The lowest BCUT2D eigenvalue weighted by atomic mass is 10.1. The molecule has 0 aromatic carbocycles. The minimum Gasteiger partial charge on any atom is -0.382 e.